The molecule has 2 N–H and O–H groups in total. The Kier molecular flexibility index (Phi) is 9.59. The van der Waals surface area contributed by atoms with Gasteiger partial charge in [-0.1, -0.05) is 0 Å². The van der Waals surface area contributed by atoms with Gasteiger partial charge in [-0.2, -0.15) is 0 Å². The van der Waals surface area contributed by atoms with Gasteiger partial charge in [-0.25, -0.2) is 0 Å². The molecular weight excluding hydrogens is 261 g/mol. The molecule has 2 aliphatic heterocycles. The van der Waals surface area contributed by atoms with Crippen LogP contribution in [0.4, 0.5) is 0 Å². The van der Waals surface area contributed by atoms with Gasteiger partial charge in [0.15, 0.2) is 0 Å². The summed E-state index contributed by atoms with van der Waals surface area (Å²) in [7, 11) is 0. The highest BCUT2D eigenvalue weighted by Gasteiger charge is 2.24. The summed E-state index contributed by atoms with van der Waals surface area (Å²) in [4.78, 5) is 5.03. The SMILES string of the molecule is Cl.Cl.NCCN1CCC(CN2CCOCC2)C1. The van der Waals surface area contributed by atoms with Crippen LogP contribution in [0.25, 0.3) is 0 Å². The average molecular weight is 286 g/mol. The maximum Gasteiger partial charge on any atom is 0.0594 e. The van der Waals surface area contributed by atoms with Crippen LogP contribution in [0, 0.1) is 5.92 Å². The lowest BCUT2D eigenvalue weighted by Crippen LogP contribution is -2.40. The van der Waals surface area contributed by atoms with Crippen molar-refractivity contribution in [2.24, 2.45) is 11.7 Å². The van der Waals surface area contributed by atoms with Crippen molar-refractivity contribution in [1.29, 1.82) is 0 Å². The fourth-order valence-corrected chi connectivity index (χ4v) is 2.60. The van der Waals surface area contributed by atoms with E-state index in [9.17, 15) is 0 Å². The Bertz CT molecular complexity index is 192. The molecule has 0 aromatic heterocycles. The molecule has 0 aliphatic carbocycles. The number of ether oxygens (including phenoxy) is 1. The molecule has 6 heteroatoms. The van der Waals surface area contributed by atoms with Crippen LogP contribution in [0.15, 0.2) is 0 Å². The molecule has 1 atom stereocenters. The fourth-order valence-electron chi connectivity index (χ4n) is 2.60. The topological polar surface area (TPSA) is 41.7 Å². The Morgan fingerprint density at radius 1 is 1.06 bits per heavy atom. The van der Waals surface area contributed by atoms with Gasteiger partial charge >= 0.3 is 0 Å². The standard InChI is InChI=1S/C11H23N3O.2ClH/c12-2-4-13-3-1-11(9-13)10-14-5-7-15-8-6-14;;/h11H,1-10,12H2;2*1H. The summed E-state index contributed by atoms with van der Waals surface area (Å²) in [5.74, 6) is 0.856. The number of nitrogens with zero attached hydrogens (tertiary/aromatic N) is 2. The first-order valence-corrected chi connectivity index (χ1v) is 6.11. The van der Waals surface area contributed by atoms with Crippen LogP contribution in [-0.4, -0.2) is 68.8 Å². The number of halogens is 2. The summed E-state index contributed by atoms with van der Waals surface area (Å²) in [6.45, 7) is 9.67. The van der Waals surface area contributed by atoms with Gasteiger partial charge in [0.1, 0.15) is 0 Å². The van der Waals surface area contributed by atoms with Crippen molar-refractivity contribution in [3.8, 4) is 0 Å². The second-order valence-corrected chi connectivity index (χ2v) is 4.66. The van der Waals surface area contributed by atoms with Gasteiger partial charge in [0.25, 0.3) is 0 Å². The van der Waals surface area contributed by atoms with Crippen molar-refractivity contribution in [2.45, 2.75) is 6.42 Å². The maximum atomic E-state index is 5.57. The summed E-state index contributed by atoms with van der Waals surface area (Å²) < 4.78 is 5.36. The molecule has 4 nitrogen and oxygen atoms in total. The van der Waals surface area contributed by atoms with Gasteiger partial charge in [-0.15, -0.1) is 24.8 Å². The lowest BCUT2D eigenvalue weighted by molar-refractivity contribution is 0.0312. The molecule has 0 radical (unpaired) electrons. The van der Waals surface area contributed by atoms with Gasteiger partial charge < -0.3 is 15.4 Å². The monoisotopic (exact) mass is 285 g/mol. The van der Waals surface area contributed by atoms with E-state index in [0.717, 1.165) is 45.3 Å². The van der Waals surface area contributed by atoms with E-state index in [2.05, 4.69) is 9.80 Å². The third-order valence-corrected chi connectivity index (χ3v) is 3.44. The smallest absolute Gasteiger partial charge is 0.0594 e. The highest BCUT2D eigenvalue weighted by molar-refractivity contribution is 5.85. The quantitative estimate of drug-likeness (QED) is 0.814. The number of morpholine rings is 1. The molecule has 0 aromatic carbocycles. The number of rotatable bonds is 4. The number of hydrogen-bond acceptors (Lipinski definition) is 4. The maximum absolute atomic E-state index is 5.57. The molecule has 1 unspecified atom stereocenters. The zero-order valence-corrected chi connectivity index (χ0v) is 12.0. The molecule has 0 saturated carbocycles. The van der Waals surface area contributed by atoms with E-state index in [-0.39, 0.29) is 24.8 Å². The summed E-state index contributed by atoms with van der Waals surface area (Å²) in [6.07, 6.45) is 1.34. The highest BCUT2D eigenvalue weighted by Crippen LogP contribution is 2.17. The molecule has 0 amide bonds. The van der Waals surface area contributed by atoms with Crippen LogP contribution in [0.1, 0.15) is 6.42 Å². The van der Waals surface area contributed by atoms with E-state index in [1.165, 1.54) is 26.1 Å². The summed E-state index contributed by atoms with van der Waals surface area (Å²) >= 11 is 0. The third-order valence-electron chi connectivity index (χ3n) is 3.44. The lowest BCUT2D eigenvalue weighted by Gasteiger charge is -2.29. The average Bonchev–Trinajstić information content (AvgIpc) is 2.68. The molecule has 0 aromatic rings. The highest BCUT2D eigenvalue weighted by atomic mass is 35.5. The third kappa shape index (κ3) is 5.73. The van der Waals surface area contributed by atoms with Crippen LogP contribution >= 0.6 is 24.8 Å². The van der Waals surface area contributed by atoms with E-state index in [1.807, 2.05) is 0 Å². The molecule has 0 bridgehead atoms. The van der Waals surface area contributed by atoms with Crippen molar-refractivity contribution in [2.75, 3.05) is 59.0 Å². The number of nitrogens with two attached hydrogens (primary N) is 1. The fraction of sp³-hybridized carbons (Fsp3) is 1.00. The Balaban J connectivity index is 0.00000128. The molecule has 104 valence electrons. The van der Waals surface area contributed by atoms with Crippen LogP contribution in [0.5, 0.6) is 0 Å². The van der Waals surface area contributed by atoms with Crippen molar-refractivity contribution >= 4 is 24.8 Å². The summed E-state index contributed by atoms with van der Waals surface area (Å²) in [5, 5.41) is 0. The first kappa shape index (κ1) is 17.4. The van der Waals surface area contributed by atoms with Crippen LogP contribution in [0.3, 0.4) is 0 Å². The van der Waals surface area contributed by atoms with E-state index in [4.69, 9.17) is 10.5 Å². The molecule has 2 heterocycles. The first-order chi connectivity index (χ1) is 7.38. The van der Waals surface area contributed by atoms with Crippen LogP contribution in [-0.2, 0) is 4.74 Å². The zero-order valence-electron chi connectivity index (χ0n) is 10.3. The molecule has 0 spiro atoms. The van der Waals surface area contributed by atoms with E-state index < -0.39 is 0 Å². The van der Waals surface area contributed by atoms with E-state index >= 15 is 0 Å². The van der Waals surface area contributed by atoms with Gasteiger partial charge in [0.05, 0.1) is 13.2 Å². The van der Waals surface area contributed by atoms with E-state index in [1.54, 1.807) is 0 Å². The van der Waals surface area contributed by atoms with Gasteiger partial charge in [-0.3, -0.25) is 4.90 Å². The molecule has 2 fully saturated rings. The molecule has 2 saturated heterocycles. The predicted octanol–water partition coefficient (Wildman–Crippen LogP) is 0.443. The Morgan fingerprint density at radius 3 is 2.41 bits per heavy atom. The molecule has 2 rings (SSSR count). The molecular formula is C11H25Cl2N3O. The van der Waals surface area contributed by atoms with Crippen LogP contribution in [0.2, 0.25) is 0 Å². The largest absolute Gasteiger partial charge is 0.379 e. The summed E-state index contributed by atoms with van der Waals surface area (Å²) in [5.41, 5.74) is 5.57. The van der Waals surface area contributed by atoms with Crippen LogP contribution < -0.4 is 5.73 Å². The normalized spacial score (nSPS) is 26.3. The number of hydrogen-bond donors (Lipinski definition) is 1. The molecule has 2 aliphatic rings. The first-order valence-electron chi connectivity index (χ1n) is 6.11. The molecule has 17 heavy (non-hydrogen) atoms. The minimum atomic E-state index is 0. The van der Waals surface area contributed by atoms with E-state index in [0.29, 0.717) is 0 Å². The van der Waals surface area contributed by atoms with Crippen molar-refractivity contribution < 1.29 is 4.74 Å². The number of likely N-dealkylation sites (tertiary alicyclic amines) is 1. The Morgan fingerprint density at radius 2 is 1.76 bits per heavy atom. The van der Waals surface area contributed by atoms with Gasteiger partial charge in [0.2, 0.25) is 0 Å². The van der Waals surface area contributed by atoms with Crippen molar-refractivity contribution in [3.63, 3.8) is 0 Å². The van der Waals surface area contributed by atoms with Crippen molar-refractivity contribution in [1.82, 2.24) is 9.80 Å². The predicted molar refractivity (Wildman–Crippen MR) is 75.4 cm³/mol. The zero-order chi connectivity index (χ0) is 10.5. The Hall–Kier alpha value is 0.420. The second-order valence-electron chi connectivity index (χ2n) is 4.66. The summed E-state index contributed by atoms with van der Waals surface area (Å²) in [6, 6.07) is 0. The Labute approximate surface area is 117 Å². The van der Waals surface area contributed by atoms with Gasteiger partial charge in [-0.05, 0) is 18.9 Å². The minimum absolute atomic E-state index is 0. The minimum Gasteiger partial charge on any atom is -0.379 e. The van der Waals surface area contributed by atoms with Crippen molar-refractivity contribution in [3.05, 3.63) is 0 Å². The van der Waals surface area contributed by atoms with Gasteiger partial charge in [0, 0.05) is 39.3 Å². The lowest BCUT2D eigenvalue weighted by atomic mass is 10.1. The second kappa shape index (κ2) is 9.36.